The van der Waals surface area contributed by atoms with E-state index in [1.165, 1.54) is 4.90 Å². The Bertz CT molecular complexity index is 417. The minimum Gasteiger partial charge on any atom is -0.480 e. The summed E-state index contributed by atoms with van der Waals surface area (Å²) in [5.41, 5.74) is 0.830. The number of aliphatic carboxylic acids is 1. The first-order chi connectivity index (χ1) is 8.52. The molecule has 4 nitrogen and oxygen atoms in total. The van der Waals surface area contributed by atoms with E-state index in [9.17, 15) is 9.59 Å². The average molecular weight is 270 g/mol. The summed E-state index contributed by atoms with van der Waals surface area (Å²) in [7, 11) is 0. The quantitative estimate of drug-likeness (QED) is 0.861. The number of carboxylic acids is 1. The number of carbonyl (C=O) groups is 2. The molecule has 5 heteroatoms. The summed E-state index contributed by atoms with van der Waals surface area (Å²) in [6.07, 6.45) is 0.935. The van der Waals surface area contributed by atoms with E-state index in [1.54, 1.807) is 24.3 Å². The zero-order valence-corrected chi connectivity index (χ0v) is 11.0. The van der Waals surface area contributed by atoms with E-state index < -0.39 is 5.97 Å². The Morgan fingerprint density at radius 3 is 2.39 bits per heavy atom. The maximum Gasteiger partial charge on any atom is 0.323 e. The van der Waals surface area contributed by atoms with Crippen molar-refractivity contribution in [2.75, 3.05) is 13.1 Å². The van der Waals surface area contributed by atoms with Crippen molar-refractivity contribution in [3.8, 4) is 0 Å². The number of amides is 1. The molecule has 0 fully saturated rings. The minimum atomic E-state index is -0.993. The van der Waals surface area contributed by atoms with Crippen LogP contribution in [-0.2, 0) is 16.0 Å². The Hall–Kier alpha value is -1.55. The largest absolute Gasteiger partial charge is 0.480 e. The summed E-state index contributed by atoms with van der Waals surface area (Å²) >= 11 is 5.76. The Kier molecular flexibility index (Phi) is 5.65. The van der Waals surface area contributed by atoms with Crippen molar-refractivity contribution in [3.63, 3.8) is 0 Å². The lowest BCUT2D eigenvalue weighted by atomic mass is 10.1. The van der Waals surface area contributed by atoms with Crippen LogP contribution in [0.2, 0.25) is 5.02 Å². The van der Waals surface area contributed by atoms with E-state index in [4.69, 9.17) is 16.7 Å². The van der Waals surface area contributed by atoms with Crippen LogP contribution in [0.1, 0.15) is 18.9 Å². The molecule has 1 amide bonds. The lowest BCUT2D eigenvalue weighted by molar-refractivity contribution is -0.144. The third kappa shape index (κ3) is 4.75. The third-order valence-corrected chi connectivity index (χ3v) is 2.69. The highest BCUT2D eigenvalue weighted by Gasteiger charge is 2.15. The molecule has 1 N–H and O–H groups in total. The molecule has 1 aromatic rings. The monoisotopic (exact) mass is 269 g/mol. The van der Waals surface area contributed by atoms with Crippen LogP contribution >= 0.6 is 11.6 Å². The zero-order valence-electron chi connectivity index (χ0n) is 10.2. The molecule has 0 heterocycles. The van der Waals surface area contributed by atoms with Crippen LogP contribution in [0.15, 0.2) is 24.3 Å². The number of carboxylic acid groups (broad SMARTS) is 1. The highest BCUT2D eigenvalue weighted by atomic mass is 35.5. The van der Waals surface area contributed by atoms with Gasteiger partial charge in [0.1, 0.15) is 6.54 Å². The molecule has 1 rings (SSSR count). The van der Waals surface area contributed by atoms with Crippen LogP contribution < -0.4 is 0 Å². The molecule has 0 aliphatic rings. The van der Waals surface area contributed by atoms with Crippen LogP contribution in [0.5, 0.6) is 0 Å². The lowest BCUT2D eigenvalue weighted by Gasteiger charge is -2.19. The van der Waals surface area contributed by atoms with Crippen molar-refractivity contribution in [1.29, 1.82) is 0 Å². The number of benzene rings is 1. The smallest absolute Gasteiger partial charge is 0.323 e. The summed E-state index contributed by atoms with van der Waals surface area (Å²) < 4.78 is 0. The molecule has 0 aliphatic heterocycles. The van der Waals surface area contributed by atoms with Crippen molar-refractivity contribution in [2.45, 2.75) is 19.8 Å². The van der Waals surface area contributed by atoms with Gasteiger partial charge in [-0.25, -0.2) is 0 Å². The lowest BCUT2D eigenvalue weighted by Crippen LogP contribution is -2.37. The van der Waals surface area contributed by atoms with Gasteiger partial charge in [-0.1, -0.05) is 30.7 Å². The average Bonchev–Trinajstić information content (AvgIpc) is 2.31. The Morgan fingerprint density at radius 1 is 1.28 bits per heavy atom. The fraction of sp³-hybridized carbons (Fsp3) is 0.385. The molecular formula is C13H16ClNO3. The summed E-state index contributed by atoms with van der Waals surface area (Å²) in [4.78, 5) is 24.0. The maximum absolute atomic E-state index is 12.0. The van der Waals surface area contributed by atoms with Crippen molar-refractivity contribution in [1.82, 2.24) is 4.90 Å². The van der Waals surface area contributed by atoms with Crippen molar-refractivity contribution in [2.24, 2.45) is 0 Å². The molecule has 0 saturated carbocycles. The maximum atomic E-state index is 12.0. The van der Waals surface area contributed by atoms with Gasteiger partial charge in [-0.3, -0.25) is 9.59 Å². The summed E-state index contributed by atoms with van der Waals surface area (Å²) in [5, 5.41) is 9.36. The number of rotatable bonds is 6. The second-order valence-corrected chi connectivity index (χ2v) is 4.45. The first kappa shape index (κ1) is 14.5. The van der Waals surface area contributed by atoms with Crippen LogP contribution in [0.3, 0.4) is 0 Å². The summed E-state index contributed by atoms with van der Waals surface area (Å²) in [6, 6.07) is 6.97. The van der Waals surface area contributed by atoms with E-state index >= 15 is 0 Å². The van der Waals surface area contributed by atoms with Gasteiger partial charge < -0.3 is 10.0 Å². The number of nitrogens with zero attached hydrogens (tertiary/aromatic N) is 1. The van der Waals surface area contributed by atoms with Gasteiger partial charge in [0.2, 0.25) is 5.91 Å². The SMILES string of the molecule is CCCN(CC(=O)O)C(=O)Cc1ccc(Cl)cc1. The Labute approximate surface area is 111 Å². The molecule has 18 heavy (non-hydrogen) atoms. The molecule has 1 aromatic carbocycles. The number of halogens is 1. The number of hydrogen-bond acceptors (Lipinski definition) is 2. The van der Waals surface area contributed by atoms with E-state index in [-0.39, 0.29) is 18.9 Å². The van der Waals surface area contributed by atoms with Crippen molar-refractivity contribution in [3.05, 3.63) is 34.9 Å². The molecule has 0 aliphatic carbocycles. The molecule has 98 valence electrons. The summed E-state index contributed by atoms with van der Waals surface area (Å²) in [6.45, 7) is 2.11. The first-order valence-corrected chi connectivity index (χ1v) is 6.14. The third-order valence-electron chi connectivity index (χ3n) is 2.44. The predicted octanol–water partition coefficient (Wildman–Crippen LogP) is 2.21. The van der Waals surface area contributed by atoms with Crippen LogP contribution in [0.25, 0.3) is 0 Å². The molecule has 0 saturated heterocycles. The number of carbonyl (C=O) groups excluding carboxylic acids is 1. The summed E-state index contributed by atoms with van der Waals surface area (Å²) in [5.74, 6) is -1.17. The van der Waals surface area contributed by atoms with Gasteiger partial charge in [0, 0.05) is 11.6 Å². The fourth-order valence-corrected chi connectivity index (χ4v) is 1.74. The van der Waals surface area contributed by atoms with E-state index in [0.29, 0.717) is 11.6 Å². The van der Waals surface area contributed by atoms with Crippen LogP contribution in [-0.4, -0.2) is 35.0 Å². The van der Waals surface area contributed by atoms with Gasteiger partial charge in [0.15, 0.2) is 0 Å². The standard InChI is InChI=1S/C13H16ClNO3/c1-2-7-15(9-13(17)18)12(16)8-10-3-5-11(14)6-4-10/h3-6H,2,7-9H2,1H3,(H,17,18). The van der Waals surface area contributed by atoms with Crippen molar-refractivity contribution < 1.29 is 14.7 Å². The molecule has 0 unspecified atom stereocenters. The molecule has 0 aromatic heterocycles. The number of hydrogen-bond donors (Lipinski definition) is 1. The molecule has 0 bridgehead atoms. The van der Waals surface area contributed by atoms with E-state index in [2.05, 4.69) is 0 Å². The van der Waals surface area contributed by atoms with Gasteiger partial charge in [0.25, 0.3) is 0 Å². The highest BCUT2D eigenvalue weighted by Crippen LogP contribution is 2.11. The normalized spacial score (nSPS) is 10.1. The second kappa shape index (κ2) is 7.01. The second-order valence-electron chi connectivity index (χ2n) is 4.01. The van der Waals surface area contributed by atoms with Crippen molar-refractivity contribution >= 4 is 23.5 Å². The Balaban J connectivity index is 2.65. The topological polar surface area (TPSA) is 57.6 Å². The van der Waals surface area contributed by atoms with E-state index in [0.717, 1.165) is 12.0 Å². The minimum absolute atomic E-state index is 0.179. The van der Waals surface area contributed by atoms with Gasteiger partial charge in [-0.05, 0) is 24.1 Å². The Morgan fingerprint density at radius 2 is 1.89 bits per heavy atom. The van der Waals surface area contributed by atoms with Gasteiger partial charge in [0.05, 0.1) is 6.42 Å². The van der Waals surface area contributed by atoms with Gasteiger partial charge in [-0.15, -0.1) is 0 Å². The van der Waals surface area contributed by atoms with Gasteiger partial charge in [-0.2, -0.15) is 0 Å². The highest BCUT2D eigenvalue weighted by molar-refractivity contribution is 6.30. The van der Waals surface area contributed by atoms with Crippen LogP contribution in [0.4, 0.5) is 0 Å². The predicted molar refractivity (Wildman–Crippen MR) is 69.7 cm³/mol. The molecule has 0 radical (unpaired) electrons. The molecular weight excluding hydrogens is 254 g/mol. The fourth-order valence-electron chi connectivity index (χ4n) is 1.61. The molecule has 0 spiro atoms. The van der Waals surface area contributed by atoms with Crippen LogP contribution in [0, 0.1) is 0 Å². The first-order valence-electron chi connectivity index (χ1n) is 5.77. The van der Waals surface area contributed by atoms with E-state index in [1.807, 2.05) is 6.92 Å². The zero-order chi connectivity index (χ0) is 13.5. The molecule has 0 atom stereocenters. The van der Waals surface area contributed by atoms with Gasteiger partial charge >= 0.3 is 5.97 Å².